The fourth-order valence-corrected chi connectivity index (χ4v) is 2.84. The summed E-state index contributed by atoms with van der Waals surface area (Å²) in [6.45, 7) is 0.358. The van der Waals surface area contributed by atoms with Crippen LogP contribution in [-0.2, 0) is 6.42 Å². The number of alkyl halides is 3. The topological polar surface area (TPSA) is 12.0 Å². The van der Waals surface area contributed by atoms with Crippen LogP contribution >= 0.6 is 23.4 Å². The summed E-state index contributed by atoms with van der Waals surface area (Å²) >= 11 is 5.92. The molecule has 1 aliphatic carbocycles. The fraction of sp³-hybridized carbons (Fsp3) is 0.500. The van der Waals surface area contributed by atoms with E-state index in [1.807, 2.05) is 18.2 Å². The smallest absolute Gasteiger partial charge is 0.309 e. The Hall–Kier alpha value is -0.390. The van der Waals surface area contributed by atoms with Crippen LogP contribution in [0.2, 0.25) is 5.02 Å². The maximum absolute atomic E-state index is 12.0. The minimum atomic E-state index is -4.14. The quantitative estimate of drug-likeness (QED) is 0.837. The molecule has 0 fully saturated rings. The lowest BCUT2D eigenvalue weighted by Crippen LogP contribution is -2.22. The van der Waals surface area contributed by atoms with Crippen LogP contribution in [0.15, 0.2) is 18.2 Å². The van der Waals surface area contributed by atoms with E-state index in [1.165, 1.54) is 5.56 Å². The van der Waals surface area contributed by atoms with Gasteiger partial charge in [-0.25, -0.2) is 0 Å². The molecule has 0 aliphatic heterocycles. The SMILES string of the molecule is FC(F)(F)SCCNC1CCc2cc(Cl)ccc21. The third-order valence-corrected chi connectivity index (χ3v) is 3.91. The van der Waals surface area contributed by atoms with Crippen molar-refractivity contribution in [2.45, 2.75) is 24.4 Å². The summed E-state index contributed by atoms with van der Waals surface area (Å²) in [6, 6.07) is 5.87. The number of aryl methyl sites for hydroxylation is 1. The van der Waals surface area contributed by atoms with E-state index < -0.39 is 5.51 Å². The van der Waals surface area contributed by atoms with Crippen LogP contribution in [0.1, 0.15) is 23.6 Å². The highest BCUT2D eigenvalue weighted by Crippen LogP contribution is 2.33. The van der Waals surface area contributed by atoms with Crippen molar-refractivity contribution in [1.82, 2.24) is 5.32 Å². The maximum Gasteiger partial charge on any atom is 0.441 e. The van der Waals surface area contributed by atoms with Crippen LogP contribution in [0.4, 0.5) is 13.2 Å². The lowest BCUT2D eigenvalue weighted by Gasteiger charge is -2.14. The molecule has 2 rings (SSSR count). The molecule has 0 heterocycles. The molecular formula is C12H13ClF3NS. The highest BCUT2D eigenvalue weighted by molar-refractivity contribution is 8.00. The lowest BCUT2D eigenvalue weighted by atomic mass is 10.1. The molecule has 18 heavy (non-hydrogen) atoms. The molecule has 0 bridgehead atoms. The van der Waals surface area contributed by atoms with Gasteiger partial charge in [0.1, 0.15) is 0 Å². The number of thioether (sulfide) groups is 1. The van der Waals surface area contributed by atoms with Crippen molar-refractivity contribution in [3.05, 3.63) is 34.3 Å². The molecule has 1 aromatic carbocycles. The van der Waals surface area contributed by atoms with Gasteiger partial charge in [-0.15, -0.1) is 0 Å². The molecule has 1 atom stereocenters. The molecule has 1 aliphatic rings. The molecule has 0 amide bonds. The first-order valence-electron chi connectivity index (χ1n) is 5.68. The molecule has 0 radical (unpaired) electrons. The van der Waals surface area contributed by atoms with Crippen LogP contribution in [0.3, 0.4) is 0 Å². The van der Waals surface area contributed by atoms with E-state index in [9.17, 15) is 13.2 Å². The molecule has 1 N–H and O–H groups in total. The second-order valence-electron chi connectivity index (χ2n) is 4.18. The fourth-order valence-electron chi connectivity index (χ4n) is 2.20. The van der Waals surface area contributed by atoms with Gasteiger partial charge in [0.05, 0.1) is 0 Å². The highest BCUT2D eigenvalue weighted by atomic mass is 35.5. The van der Waals surface area contributed by atoms with Gasteiger partial charge in [0, 0.05) is 23.4 Å². The van der Waals surface area contributed by atoms with E-state index in [0.717, 1.165) is 18.4 Å². The Morgan fingerprint density at radius 3 is 2.89 bits per heavy atom. The minimum absolute atomic E-state index is 0.0171. The summed E-state index contributed by atoms with van der Waals surface area (Å²) in [5, 5.41) is 3.88. The number of fused-ring (bicyclic) bond motifs is 1. The van der Waals surface area contributed by atoms with Crippen molar-refractivity contribution in [3.8, 4) is 0 Å². The van der Waals surface area contributed by atoms with Gasteiger partial charge >= 0.3 is 5.51 Å². The monoisotopic (exact) mass is 295 g/mol. The zero-order valence-electron chi connectivity index (χ0n) is 9.56. The zero-order valence-corrected chi connectivity index (χ0v) is 11.1. The standard InChI is InChI=1S/C12H13ClF3NS/c13-9-2-3-10-8(7-9)1-4-11(10)17-5-6-18-12(14,15)16/h2-3,7,11,17H,1,4-6H2. The third kappa shape index (κ3) is 3.80. The molecule has 0 saturated carbocycles. The van der Waals surface area contributed by atoms with Crippen molar-refractivity contribution in [2.75, 3.05) is 12.3 Å². The zero-order chi connectivity index (χ0) is 13.2. The van der Waals surface area contributed by atoms with Crippen molar-refractivity contribution in [1.29, 1.82) is 0 Å². The van der Waals surface area contributed by atoms with Crippen LogP contribution < -0.4 is 5.32 Å². The highest BCUT2D eigenvalue weighted by Gasteiger charge is 2.28. The Bertz CT molecular complexity index is 422. The first-order chi connectivity index (χ1) is 8.46. The van der Waals surface area contributed by atoms with Gasteiger partial charge in [0.15, 0.2) is 0 Å². The molecule has 0 aromatic heterocycles. The van der Waals surface area contributed by atoms with Gasteiger partial charge in [-0.3, -0.25) is 0 Å². The Morgan fingerprint density at radius 2 is 2.17 bits per heavy atom. The minimum Gasteiger partial charge on any atom is -0.309 e. The summed E-state index contributed by atoms with van der Waals surface area (Å²) in [6.07, 6.45) is 1.85. The number of benzene rings is 1. The van der Waals surface area contributed by atoms with E-state index >= 15 is 0 Å². The van der Waals surface area contributed by atoms with Crippen LogP contribution in [0.25, 0.3) is 0 Å². The Morgan fingerprint density at radius 1 is 1.39 bits per heavy atom. The summed E-state index contributed by atoms with van der Waals surface area (Å²) in [4.78, 5) is 0. The second-order valence-corrected chi connectivity index (χ2v) is 5.78. The lowest BCUT2D eigenvalue weighted by molar-refractivity contribution is -0.0327. The first kappa shape index (κ1) is 14.0. The first-order valence-corrected chi connectivity index (χ1v) is 7.04. The molecule has 1 nitrogen and oxygen atoms in total. The summed E-state index contributed by atoms with van der Waals surface area (Å²) in [7, 11) is 0. The summed E-state index contributed by atoms with van der Waals surface area (Å²) < 4.78 is 35.9. The van der Waals surface area contributed by atoms with Crippen LogP contribution in [0, 0.1) is 0 Å². The average molecular weight is 296 g/mol. The number of nitrogens with one attached hydrogen (secondary N) is 1. The molecule has 0 saturated heterocycles. The Labute approximate surface area is 113 Å². The predicted octanol–water partition coefficient (Wildman–Crippen LogP) is 4.17. The van der Waals surface area contributed by atoms with Gasteiger partial charge < -0.3 is 5.32 Å². The van der Waals surface area contributed by atoms with E-state index in [0.29, 0.717) is 11.6 Å². The number of rotatable bonds is 4. The largest absolute Gasteiger partial charge is 0.441 e. The molecule has 100 valence electrons. The van der Waals surface area contributed by atoms with Crippen molar-refractivity contribution in [3.63, 3.8) is 0 Å². The number of halogens is 4. The van der Waals surface area contributed by atoms with E-state index in [4.69, 9.17) is 11.6 Å². The van der Waals surface area contributed by atoms with Crippen molar-refractivity contribution in [2.24, 2.45) is 0 Å². The Kier molecular flexibility index (Phi) is 4.45. The second kappa shape index (κ2) is 5.72. The molecule has 6 heteroatoms. The van der Waals surface area contributed by atoms with E-state index in [2.05, 4.69) is 5.32 Å². The summed E-state index contributed by atoms with van der Waals surface area (Å²) in [5.41, 5.74) is -1.78. The maximum atomic E-state index is 12.0. The Balaban J connectivity index is 1.83. The number of hydrogen-bond acceptors (Lipinski definition) is 2. The van der Waals surface area contributed by atoms with Crippen molar-refractivity contribution >= 4 is 23.4 Å². The molecule has 0 spiro atoms. The van der Waals surface area contributed by atoms with Crippen molar-refractivity contribution < 1.29 is 13.2 Å². The van der Waals surface area contributed by atoms with Crippen LogP contribution in [0.5, 0.6) is 0 Å². The average Bonchev–Trinajstić information content (AvgIpc) is 2.65. The number of hydrogen-bond donors (Lipinski definition) is 1. The third-order valence-electron chi connectivity index (χ3n) is 2.94. The van der Waals surface area contributed by atoms with Gasteiger partial charge in [-0.1, -0.05) is 17.7 Å². The van der Waals surface area contributed by atoms with E-state index in [1.54, 1.807) is 0 Å². The van der Waals surface area contributed by atoms with Gasteiger partial charge in [-0.2, -0.15) is 13.2 Å². The van der Waals surface area contributed by atoms with Gasteiger partial charge in [0.2, 0.25) is 0 Å². The van der Waals surface area contributed by atoms with Gasteiger partial charge in [0.25, 0.3) is 0 Å². The summed E-state index contributed by atoms with van der Waals surface area (Å²) in [5.74, 6) is 0.0446. The predicted molar refractivity (Wildman–Crippen MR) is 69.0 cm³/mol. The van der Waals surface area contributed by atoms with E-state index in [-0.39, 0.29) is 23.6 Å². The molecule has 1 aromatic rings. The normalized spacial score (nSPS) is 19.0. The van der Waals surface area contributed by atoms with Crippen LogP contribution in [-0.4, -0.2) is 17.8 Å². The molecular weight excluding hydrogens is 283 g/mol. The van der Waals surface area contributed by atoms with Gasteiger partial charge in [-0.05, 0) is 47.9 Å². The molecule has 1 unspecified atom stereocenters.